The number of benzene rings is 1. The summed E-state index contributed by atoms with van der Waals surface area (Å²) in [7, 11) is 1.25. The molecule has 17 heavy (non-hydrogen) atoms. The SMILES string of the molecule is O=[N+]([O-])c1ccc(S(=O)(=O)Cl)c2ncccc12. The number of non-ortho nitro benzene ring substituents is 1. The van der Waals surface area contributed by atoms with Crippen molar-refractivity contribution < 1.29 is 13.3 Å². The van der Waals surface area contributed by atoms with Gasteiger partial charge in [-0.25, -0.2) is 8.42 Å². The van der Waals surface area contributed by atoms with Crippen LogP contribution in [-0.4, -0.2) is 18.3 Å². The molecule has 0 aliphatic rings. The highest BCUT2D eigenvalue weighted by atomic mass is 35.7. The van der Waals surface area contributed by atoms with Gasteiger partial charge in [0.15, 0.2) is 0 Å². The van der Waals surface area contributed by atoms with Crippen molar-refractivity contribution in [3.05, 3.63) is 40.6 Å². The van der Waals surface area contributed by atoms with Gasteiger partial charge in [0.05, 0.1) is 15.8 Å². The Morgan fingerprint density at radius 2 is 2.00 bits per heavy atom. The van der Waals surface area contributed by atoms with Gasteiger partial charge >= 0.3 is 0 Å². The van der Waals surface area contributed by atoms with E-state index in [-0.39, 0.29) is 21.5 Å². The van der Waals surface area contributed by atoms with Crippen LogP contribution in [0.3, 0.4) is 0 Å². The van der Waals surface area contributed by atoms with Gasteiger partial charge in [0.1, 0.15) is 4.90 Å². The number of nitro groups is 1. The Bertz CT molecular complexity index is 714. The quantitative estimate of drug-likeness (QED) is 0.474. The number of hydrogen-bond donors (Lipinski definition) is 0. The average molecular weight is 273 g/mol. The fraction of sp³-hybridized carbons (Fsp3) is 0. The van der Waals surface area contributed by atoms with Crippen molar-refractivity contribution in [3.63, 3.8) is 0 Å². The molecule has 1 aromatic carbocycles. The van der Waals surface area contributed by atoms with Crippen LogP contribution in [0.4, 0.5) is 5.69 Å². The van der Waals surface area contributed by atoms with Crippen LogP contribution < -0.4 is 0 Å². The van der Waals surface area contributed by atoms with Crippen LogP contribution in [0.1, 0.15) is 0 Å². The fourth-order valence-electron chi connectivity index (χ4n) is 1.49. The lowest BCUT2D eigenvalue weighted by atomic mass is 10.2. The monoisotopic (exact) mass is 272 g/mol. The number of pyridine rings is 1. The molecule has 88 valence electrons. The molecule has 0 saturated heterocycles. The second kappa shape index (κ2) is 3.94. The summed E-state index contributed by atoms with van der Waals surface area (Å²) in [5.41, 5.74) is -0.214. The fourth-order valence-corrected chi connectivity index (χ4v) is 2.49. The van der Waals surface area contributed by atoms with Crippen LogP contribution in [0.2, 0.25) is 0 Å². The van der Waals surface area contributed by atoms with Crippen molar-refractivity contribution in [3.8, 4) is 0 Å². The molecule has 0 aliphatic carbocycles. The largest absolute Gasteiger partial charge is 0.278 e. The van der Waals surface area contributed by atoms with Gasteiger partial charge in [0.25, 0.3) is 14.7 Å². The zero-order valence-electron chi connectivity index (χ0n) is 8.20. The number of rotatable bonds is 2. The molecule has 0 radical (unpaired) electrons. The minimum Gasteiger partial charge on any atom is -0.258 e. The van der Waals surface area contributed by atoms with E-state index in [1.165, 1.54) is 18.3 Å². The van der Waals surface area contributed by atoms with Gasteiger partial charge in [0, 0.05) is 22.9 Å². The van der Waals surface area contributed by atoms with E-state index in [0.29, 0.717) is 0 Å². The summed E-state index contributed by atoms with van der Waals surface area (Å²) in [6.45, 7) is 0. The van der Waals surface area contributed by atoms with E-state index in [9.17, 15) is 18.5 Å². The molecule has 1 heterocycles. The highest BCUT2D eigenvalue weighted by Crippen LogP contribution is 2.30. The maximum absolute atomic E-state index is 11.3. The summed E-state index contributed by atoms with van der Waals surface area (Å²) < 4.78 is 22.6. The first-order valence-corrected chi connectivity index (χ1v) is 6.69. The third-order valence-electron chi connectivity index (χ3n) is 2.17. The van der Waals surface area contributed by atoms with Crippen molar-refractivity contribution in [2.45, 2.75) is 4.90 Å². The van der Waals surface area contributed by atoms with Crippen molar-refractivity contribution in [1.29, 1.82) is 0 Å². The predicted octanol–water partition coefficient (Wildman–Crippen LogP) is 2.07. The summed E-state index contributed by atoms with van der Waals surface area (Å²) in [5, 5.41) is 10.9. The predicted molar refractivity (Wildman–Crippen MR) is 61.4 cm³/mol. The van der Waals surface area contributed by atoms with Gasteiger partial charge < -0.3 is 0 Å². The van der Waals surface area contributed by atoms with E-state index < -0.39 is 14.0 Å². The standard InChI is InChI=1S/C9H5ClN2O4S/c10-17(15,16)8-4-3-7(12(13)14)6-2-1-5-11-9(6)8/h1-5H. The molecule has 0 saturated carbocycles. The van der Waals surface area contributed by atoms with E-state index in [1.54, 1.807) is 0 Å². The number of nitro benzene ring substituents is 1. The Morgan fingerprint density at radius 1 is 1.29 bits per heavy atom. The topological polar surface area (TPSA) is 90.2 Å². The molecule has 0 spiro atoms. The van der Waals surface area contributed by atoms with Gasteiger partial charge in [-0.2, -0.15) is 0 Å². The summed E-state index contributed by atoms with van der Waals surface area (Å²) in [5.74, 6) is 0. The Balaban J connectivity index is 2.95. The average Bonchev–Trinajstić information content (AvgIpc) is 2.26. The van der Waals surface area contributed by atoms with Gasteiger partial charge in [-0.1, -0.05) is 0 Å². The maximum Gasteiger partial charge on any atom is 0.278 e. The molecule has 0 N–H and O–H groups in total. The molecule has 0 amide bonds. The van der Waals surface area contributed by atoms with Crippen LogP contribution >= 0.6 is 10.7 Å². The number of halogens is 1. The number of hydrogen-bond acceptors (Lipinski definition) is 5. The number of fused-ring (bicyclic) bond motifs is 1. The minimum atomic E-state index is -3.98. The van der Waals surface area contributed by atoms with E-state index in [1.807, 2.05) is 0 Å². The zero-order valence-corrected chi connectivity index (χ0v) is 9.77. The Morgan fingerprint density at radius 3 is 2.59 bits per heavy atom. The minimum absolute atomic E-state index is 0.00306. The summed E-state index contributed by atoms with van der Waals surface area (Å²) in [6.07, 6.45) is 1.34. The van der Waals surface area contributed by atoms with Crippen LogP contribution in [0.15, 0.2) is 35.4 Å². The smallest absolute Gasteiger partial charge is 0.258 e. The lowest BCUT2D eigenvalue weighted by Gasteiger charge is -2.02. The zero-order chi connectivity index (χ0) is 12.6. The first-order valence-electron chi connectivity index (χ1n) is 4.38. The highest BCUT2D eigenvalue weighted by molar-refractivity contribution is 8.14. The molecular weight excluding hydrogens is 268 g/mol. The summed E-state index contributed by atoms with van der Waals surface area (Å²) in [6, 6.07) is 5.08. The second-order valence-electron chi connectivity index (χ2n) is 3.18. The van der Waals surface area contributed by atoms with Crippen molar-refractivity contribution in [2.75, 3.05) is 0 Å². The van der Waals surface area contributed by atoms with Crippen molar-refractivity contribution in [1.82, 2.24) is 4.98 Å². The maximum atomic E-state index is 11.3. The van der Waals surface area contributed by atoms with Crippen molar-refractivity contribution >= 4 is 36.3 Å². The van der Waals surface area contributed by atoms with Crippen LogP contribution in [0.25, 0.3) is 10.9 Å². The van der Waals surface area contributed by atoms with E-state index >= 15 is 0 Å². The normalized spacial score (nSPS) is 11.6. The third-order valence-corrected chi connectivity index (χ3v) is 3.52. The number of nitrogens with zero attached hydrogens (tertiary/aromatic N) is 2. The molecular formula is C9H5ClN2O4S. The first kappa shape index (κ1) is 11.7. The summed E-state index contributed by atoms with van der Waals surface area (Å²) >= 11 is 0. The highest BCUT2D eigenvalue weighted by Gasteiger charge is 2.21. The van der Waals surface area contributed by atoms with Crippen LogP contribution in [0, 0.1) is 10.1 Å². The third kappa shape index (κ3) is 2.06. The van der Waals surface area contributed by atoms with E-state index in [2.05, 4.69) is 4.98 Å². The molecule has 8 heteroatoms. The molecule has 1 aromatic heterocycles. The molecule has 2 rings (SSSR count). The lowest BCUT2D eigenvalue weighted by Crippen LogP contribution is -1.97. The Kier molecular flexibility index (Phi) is 2.72. The van der Waals surface area contributed by atoms with Gasteiger partial charge in [-0.15, -0.1) is 0 Å². The first-order chi connectivity index (χ1) is 7.91. The second-order valence-corrected chi connectivity index (χ2v) is 5.71. The van der Waals surface area contributed by atoms with E-state index in [0.717, 1.165) is 12.1 Å². The molecule has 0 aliphatic heterocycles. The molecule has 0 atom stereocenters. The molecule has 0 bridgehead atoms. The van der Waals surface area contributed by atoms with Gasteiger partial charge in [-0.05, 0) is 18.2 Å². The van der Waals surface area contributed by atoms with Crippen LogP contribution in [-0.2, 0) is 9.05 Å². The molecule has 0 unspecified atom stereocenters. The lowest BCUT2D eigenvalue weighted by molar-refractivity contribution is -0.383. The van der Waals surface area contributed by atoms with Crippen LogP contribution in [0.5, 0.6) is 0 Å². The van der Waals surface area contributed by atoms with Gasteiger partial charge in [0.2, 0.25) is 0 Å². The summed E-state index contributed by atoms with van der Waals surface area (Å²) in [4.78, 5) is 13.8. The van der Waals surface area contributed by atoms with Gasteiger partial charge in [-0.3, -0.25) is 15.1 Å². The molecule has 2 aromatic rings. The van der Waals surface area contributed by atoms with Crippen molar-refractivity contribution in [2.24, 2.45) is 0 Å². The molecule has 6 nitrogen and oxygen atoms in total. The Labute approximate surface area is 100 Å². The molecule has 0 fully saturated rings. The van der Waals surface area contributed by atoms with E-state index in [4.69, 9.17) is 10.7 Å². The number of aromatic nitrogens is 1. The Hall–Kier alpha value is -1.73.